The summed E-state index contributed by atoms with van der Waals surface area (Å²) in [5.41, 5.74) is 0.877. The predicted molar refractivity (Wildman–Crippen MR) is 84.5 cm³/mol. The van der Waals surface area contributed by atoms with Crippen molar-refractivity contribution in [3.05, 3.63) is 60.0 Å². The van der Waals surface area contributed by atoms with Crippen LogP contribution in [-0.4, -0.2) is 29.1 Å². The third-order valence-corrected chi connectivity index (χ3v) is 4.25. The van der Waals surface area contributed by atoms with Crippen molar-refractivity contribution in [2.75, 3.05) is 13.1 Å². The van der Waals surface area contributed by atoms with E-state index in [1.165, 1.54) is 11.3 Å². The fraction of sp³-hybridized carbons (Fsp3) is 0.188. The molecule has 0 saturated heterocycles. The lowest BCUT2D eigenvalue weighted by Crippen LogP contribution is -2.24. The topological polar surface area (TPSA) is 40.5 Å². The second-order valence-electron chi connectivity index (χ2n) is 4.48. The molecule has 20 heavy (non-hydrogen) atoms. The summed E-state index contributed by atoms with van der Waals surface area (Å²) in [5.74, 6) is -0.863. The molecule has 1 N–H and O–H groups in total. The van der Waals surface area contributed by atoms with Crippen LogP contribution >= 0.6 is 11.3 Å². The molecule has 3 nitrogen and oxygen atoms in total. The first-order valence-corrected chi connectivity index (χ1v) is 7.17. The second kappa shape index (κ2) is 6.50. The zero-order chi connectivity index (χ0) is 14.5. The molecule has 104 valence electrons. The van der Waals surface area contributed by atoms with Gasteiger partial charge in [0, 0.05) is 24.3 Å². The number of hydrogen-bond donors (Lipinski definition) is 1. The van der Waals surface area contributed by atoms with Gasteiger partial charge in [0.1, 0.15) is 4.88 Å². The Kier molecular flexibility index (Phi) is 4.71. The van der Waals surface area contributed by atoms with Crippen molar-refractivity contribution in [1.29, 1.82) is 0 Å². The zero-order valence-electron chi connectivity index (χ0n) is 11.2. The molecule has 0 radical (unpaired) electrons. The number of carboxylic acid groups (broad SMARTS) is 1. The summed E-state index contributed by atoms with van der Waals surface area (Å²) in [6.07, 6.45) is 3.64. The summed E-state index contributed by atoms with van der Waals surface area (Å²) < 4.78 is 1.01. The van der Waals surface area contributed by atoms with Crippen molar-refractivity contribution in [3.8, 4) is 0 Å². The summed E-state index contributed by atoms with van der Waals surface area (Å²) in [5, 5.41) is 10.4. The Balaban J connectivity index is 2.44. The van der Waals surface area contributed by atoms with Crippen LogP contribution in [0.1, 0.15) is 15.2 Å². The largest absolute Gasteiger partial charge is 0.477 e. The van der Waals surface area contributed by atoms with E-state index in [0.29, 0.717) is 24.5 Å². The monoisotopic (exact) mass is 287 g/mol. The average Bonchev–Trinajstić information content (AvgIpc) is 2.79. The molecule has 0 aliphatic carbocycles. The van der Waals surface area contributed by atoms with E-state index in [0.717, 1.165) is 15.6 Å². The van der Waals surface area contributed by atoms with Crippen LogP contribution in [-0.2, 0) is 6.54 Å². The molecule has 1 aromatic carbocycles. The van der Waals surface area contributed by atoms with E-state index >= 15 is 0 Å². The van der Waals surface area contributed by atoms with Crippen LogP contribution in [0.5, 0.6) is 0 Å². The molecule has 1 heterocycles. The predicted octanol–water partition coefficient (Wildman–Crippen LogP) is 3.77. The van der Waals surface area contributed by atoms with Crippen molar-refractivity contribution in [1.82, 2.24) is 4.90 Å². The molecule has 0 spiro atoms. The molecule has 0 atom stereocenters. The minimum atomic E-state index is -0.863. The summed E-state index contributed by atoms with van der Waals surface area (Å²) in [7, 11) is 0. The molecule has 0 aliphatic heterocycles. The molecule has 0 saturated carbocycles. The number of benzene rings is 1. The Morgan fingerprint density at radius 2 is 1.90 bits per heavy atom. The second-order valence-corrected chi connectivity index (χ2v) is 5.53. The van der Waals surface area contributed by atoms with Gasteiger partial charge in [-0.3, -0.25) is 4.90 Å². The maximum atomic E-state index is 11.4. The van der Waals surface area contributed by atoms with E-state index in [9.17, 15) is 9.90 Å². The normalized spacial score (nSPS) is 10.8. The van der Waals surface area contributed by atoms with Crippen LogP contribution in [0.25, 0.3) is 10.1 Å². The van der Waals surface area contributed by atoms with Gasteiger partial charge < -0.3 is 5.11 Å². The lowest BCUT2D eigenvalue weighted by Gasteiger charge is -2.18. The number of hydrogen-bond acceptors (Lipinski definition) is 3. The molecule has 2 rings (SSSR count). The smallest absolute Gasteiger partial charge is 0.346 e. The quantitative estimate of drug-likeness (QED) is 0.788. The van der Waals surface area contributed by atoms with E-state index in [1.54, 1.807) is 0 Å². The Bertz CT molecular complexity index is 635. The summed E-state index contributed by atoms with van der Waals surface area (Å²) in [6, 6.07) is 7.81. The highest BCUT2D eigenvalue weighted by atomic mass is 32.1. The van der Waals surface area contributed by atoms with Crippen molar-refractivity contribution in [2.24, 2.45) is 0 Å². The van der Waals surface area contributed by atoms with Gasteiger partial charge in [0.2, 0.25) is 0 Å². The van der Waals surface area contributed by atoms with Crippen LogP contribution in [0.2, 0.25) is 0 Å². The molecule has 0 unspecified atom stereocenters. The molecular formula is C16H17NO2S. The van der Waals surface area contributed by atoms with Gasteiger partial charge in [-0.25, -0.2) is 4.79 Å². The Hall–Kier alpha value is -1.91. The highest BCUT2D eigenvalue weighted by Gasteiger charge is 2.18. The summed E-state index contributed by atoms with van der Waals surface area (Å²) in [6.45, 7) is 9.48. The number of nitrogens with zero attached hydrogens (tertiary/aromatic N) is 1. The number of fused-ring (bicyclic) bond motifs is 1. The molecule has 0 amide bonds. The minimum Gasteiger partial charge on any atom is -0.477 e. The first kappa shape index (κ1) is 14.5. The SMILES string of the molecule is C=CCN(CC=C)Cc1c(C(=O)O)sc2ccccc12. The Labute approximate surface area is 122 Å². The van der Waals surface area contributed by atoms with Crippen LogP contribution in [0.4, 0.5) is 0 Å². The van der Waals surface area contributed by atoms with Crippen LogP contribution < -0.4 is 0 Å². The highest BCUT2D eigenvalue weighted by molar-refractivity contribution is 7.21. The Morgan fingerprint density at radius 3 is 2.50 bits per heavy atom. The van der Waals surface area contributed by atoms with Gasteiger partial charge in [0.25, 0.3) is 0 Å². The standard InChI is InChI=1S/C16H17NO2S/c1-3-9-17(10-4-2)11-13-12-7-5-6-8-14(12)20-15(13)16(18)19/h3-8H,1-2,9-11H2,(H,18,19). The maximum absolute atomic E-state index is 11.4. The zero-order valence-corrected chi connectivity index (χ0v) is 12.0. The number of carboxylic acids is 1. The molecule has 4 heteroatoms. The molecule has 0 aliphatic rings. The van der Waals surface area contributed by atoms with E-state index < -0.39 is 5.97 Å². The van der Waals surface area contributed by atoms with Crippen molar-refractivity contribution < 1.29 is 9.90 Å². The first-order chi connectivity index (χ1) is 9.67. The van der Waals surface area contributed by atoms with Gasteiger partial charge in [-0.15, -0.1) is 24.5 Å². The highest BCUT2D eigenvalue weighted by Crippen LogP contribution is 2.32. The van der Waals surface area contributed by atoms with Crippen molar-refractivity contribution >= 4 is 27.4 Å². The lowest BCUT2D eigenvalue weighted by atomic mass is 10.1. The van der Waals surface area contributed by atoms with E-state index in [-0.39, 0.29) is 0 Å². The number of rotatable bonds is 7. The van der Waals surface area contributed by atoms with Crippen LogP contribution in [0.3, 0.4) is 0 Å². The molecular weight excluding hydrogens is 270 g/mol. The van der Waals surface area contributed by atoms with Gasteiger partial charge in [0.05, 0.1) is 0 Å². The molecule has 2 aromatic rings. The molecule has 0 fully saturated rings. The van der Waals surface area contributed by atoms with Crippen molar-refractivity contribution in [3.63, 3.8) is 0 Å². The number of aromatic carboxylic acids is 1. The van der Waals surface area contributed by atoms with E-state index in [4.69, 9.17) is 0 Å². The Morgan fingerprint density at radius 1 is 1.25 bits per heavy atom. The molecule has 1 aromatic heterocycles. The van der Waals surface area contributed by atoms with E-state index in [1.807, 2.05) is 36.4 Å². The minimum absolute atomic E-state index is 0.421. The van der Waals surface area contributed by atoms with Crippen molar-refractivity contribution in [2.45, 2.75) is 6.54 Å². The van der Waals surface area contributed by atoms with Crippen LogP contribution in [0.15, 0.2) is 49.6 Å². The summed E-state index contributed by atoms with van der Waals surface area (Å²) >= 11 is 1.33. The molecule has 0 bridgehead atoms. The summed E-state index contributed by atoms with van der Waals surface area (Å²) in [4.78, 5) is 14.0. The third-order valence-electron chi connectivity index (χ3n) is 3.05. The maximum Gasteiger partial charge on any atom is 0.346 e. The van der Waals surface area contributed by atoms with Gasteiger partial charge in [0.15, 0.2) is 0 Å². The van der Waals surface area contributed by atoms with Gasteiger partial charge in [-0.2, -0.15) is 0 Å². The number of carbonyl (C=O) groups is 1. The van der Waals surface area contributed by atoms with Gasteiger partial charge in [-0.05, 0) is 17.0 Å². The van der Waals surface area contributed by atoms with Crippen LogP contribution in [0, 0.1) is 0 Å². The lowest BCUT2D eigenvalue weighted by molar-refractivity contribution is 0.0700. The third kappa shape index (κ3) is 2.98. The van der Waals surface area contributed by atoms with E-state index in [2.05, 4.69) is 18.1 Å². The fourth-order valence-electron chi connectivity index (χ4n) is 2.22. The average molecular weight is 287 g/mol. The van der Waals surface area contributed by atoms with Gasteiger partial charge >= 0.3 is 5.97 Å². The van der Waals surface area contributed by atoms with Gasteiger partial charge in [-0.1, -0.05) is 30.4 Å². The fourth-order valence-corrected chi connectivity index (χ4v) is 3.27. The first-order valence-electron chi connectivity index (χ1n) is 6.35. The number of thiophene rings is 1.